The standard InChI is InChI=1S/C30H32Cl3N3O4S/c1-35(41(39,40)26-15-13-23(31)14-16-26)20-29(37)36(19-22-11-12-24(32)18-27(22)33)28(17-21-7-3-2-4-8-21)30(38)34-25-9-5-6-10-25/h2-4,7-8,11-16,18,25,28H,5-6,9-10,17,19-20H2,1H3,(H,34,38)/t28-/m0/s1. The third kappa shape index (κ3) is 8.23. The Morgan fingerprint density at radius 1 is 0.927 bits per heavy atom. The molecule has 1 fully saturated rings. The minimum atomic E-state index is -4.01. The van der Waals surface area contributed by atoms with E-state index in [4.69, 9.17) is 34.8 Å². The summed E-state index contributed by atoms with van der Waals surface area (Å²) in [6.07, 6.45) is 4.06. The fourth-order valence-corrected chi connectivity index (χ4v) is 6.62. The van der Waals surface area contributed by atoms with Crippen molar-refractivity contribution in [1.82, 2.24) is 14.5 Å². The molecular weight excluding hydrogens is 605 g/mol. The van der Waals surface area contributed by atoms with Gasteiger partial charge in [0, 0.05) is 41.1 Å². The summed E-state index contributed by atoms with van der Waals surface area (Å²) < 4.78 is 27.5. The lowest BCUT2D eigenvalue weighted by atomic mass is 10.0. The Labute approximate surface area is 256 Å². The van der Waals surface area contributed by atoms with Gasteiger partial charge in [-0.05, 0) is 60.4 Å². The Bertz CT molecular complexity index is 1460. The van der Waals surface area contributed by atoms with Crippen molar-refractivity contribution in [3.05, 3.63) is 99.0 Å². The van der Waals surface area contributed by atoms with E-state index in [-0.39, 0.29) is 29.8 Å². The van der Waals surface area contributed by atoms with Crippen LogP contribution in [0.15, 0.2) is 77.7 Å². The van der Waals surface area contributed by atoms with Crippen molar-refractivity contribution in [3.8, 4) is 0 Å². The lowest BCUT2D eigenvalue weighted by Gasteiger charge is -2.33. The monoisotopic (exact) mass is 635 g/mol. The number of amides is 2. The van der Waals surface area contributed by atoms with Crippen molar-refractivity contribution in [2.45, 2.75) is 55.6 Å². The van der Waals surface area contributed by atoms with Crippen LogP contribution in [-0.4, -0.2) is 55.1 Å². The summed E-state index contributed by atoms with van der Waals surface area (Å²) in [6.45, 7) is -0.503. The van der Waals surface area contributed by atoms with Crippen molar-refractivity contribution in [2.24, 2.45) is 0 Å². The smallest absolute Gasteiger partial charge is 0.243 e. The van der Waals surface area contributed by atoms with E-state index in [0.29, 0.717) is 20.6 Å². The Balaban J connectivity index is 1.68. The lowest BCUT2D eigenvalue weighted by molar-refractivity contribution is -0.141. The van der Waals surface area contributed by atoms with Gasteiger partial charge in [-0.1, -0.05) is 84.0 Å². The largest absolute Gasteiger partial charge is 0.352 e. The van der Waals surface area contributed by atoms with E-state index in [1.165, 1.54) is 36.2 Å². The quantitative estimate of drug-likeness (QED) is 0.281. The van der Waals surface area contributed by atoms with Gasteiger partial charge in [-0.2, -0.15) is 4.31 Å². The fraction of sp³-hybridized carbons (Fsp3) is 0.333. The van der Waals surface area contributed by atoms with Crippen LogP contribution in [-0.2, 0) is 32.6 Å². The Hall–Kier alpha value is -2.62. The highest BCUT2D eigenvalue weighted by molar-refractivity contribution is 7.89. The molecule has 1 aliphatic rings. The van der Waals surface area contributed by atoms with E-state index in [2.05, 4.69) is 5.32 Å². The zero-order valence-electron chi connectivity index (χ0n) is 22.6. The van der Waals surface area contributed by atoms with E-state index in [0.717, 1.165) is 35.6 Å². The molecule has 1 saturated carbocycles. The molecule has 1 N–H and O–H groups in total. The number of hydrogen-bond acceptors (Lipinski definition) is 4. The summed E-state index contributed by atoms with van der Waals surface area (Å²) in [5, 5.41) is 4.30. The minimum Gasteiger partial charge on any atom is -0.352 e. The Morgan fingerprint density at radius 2 is 1.56 bits per heavy atom. The van der Waals surface area contributed by atoms with Gasteiger partial charge >= 0.3 is 0 Å². The highest BCUT2D eigenvalue weighted by Crippen LogP contribution is 2.26. The fourth-order valence-electron chi connectivity index (χ4n) is 4.91. The van der Waals surface area contributed by atoms with Crippen LogP contribution in [0.4, 0.5) is 0 Å². The molecule has 7 nitrogen and oxygen atoms in total. The number of likely N-dealkylation sites (N-methyl/N-ethyl adjacent to an activating group) is 1. The highest BCUT2D eigenvalue weighted by Gasteiger charge is 2.34. The number of carbonyl (C=O) groups is 2. The number of benzene rings is 3. The number of nitrogens with one attached hydrogen (secondary N) is 1. The summed E-state index contributed by atoms with van der Waals surface area (Å²) in [5.41, 5.74) is 1.44. The molecule has 4 rings (SSSR count). The van der Waals surface area contributed by atoms with Gasteiger partial charge in [0.1, 0.15) is 6.04 Å². The predicted molar refractivity (Wildman–Crippen MR) is 163 cm³/mol. The maximum absolute atomic E-state index is 14.0. The number of rotatable bonds is 11. The molecule has 2 amide bonds. The van der Waals surface area contributed by atoms with Crippen molar-refractivity contribution < 1.29 is 18.0 Å². The first kappa shape index (κ1) is 31.3. The Morgan fingerprint density at radius 3 is 2.20 bits per heavy atom. The van der Waals surface area contributed by atoms with Crippen LogP contribution in [0.5, 0.6) is 0 Å². The average Bonchev–Trinajstić information content (AvgIpc) is 3.45. The molecule has 11 heteroatoms. The van der Waals surface area contributed by atoms with Crippen LogP contribution >= 0.6 is 34.8 Å². The average molecular weight is 637 g/mol. The zero-order valence-corrected chi connectivity index (χ0v) is 25.7. The van der Waals surface area contributed by atoms with Gasteiger partial charge in [-0.25, -0.2) is 8.42 Å². The molecule has 0 radical (unpaired) electrons. The molecule has 3 aromatic rings. The number of hydrogen-bond donors (Lipinski definition) is 1. The highest BCUT2D eigenvalue weighted by atomic mass is 35.5. The van der Waals surface area contributed by atoms with Crippen LogP contribution in [0.3, 0.4) is 0 Å². The molecular formula is C30H32Cl3N3O4S. The van der Waals surface area contributed by atoms with E-state index >= 15 is 0 Å². The second-order valence-corrected chi connectivity index (χ2v) is 13.5. The number of sulfonamides is 1. The number of carbonyl (C=O) groups excluding carboxylic acids is 2. The van der Waals surface area contributed by atoms with Gasteiger partial charge < -0.3 is 10.2 Å². The first-order valence-electron chi connectivity index (χ1n) is 13.3. The third-order valence-corrected chi connectivity index (χ3v) is 9.86. The van der Waals surface area contributed by atoms with E-state index in [1.807, 2.05) is 30.3 Å². The molecule has 0 aromatic heterocycles. The summed E-state index contributed by atoms with van der Waals surface area (Å²) in [4.78, 5) is 29.2. The molecule has 218 valence electrons. The van der Waals surface area contributed by atoms with Gasteiger partial charge in [0.05, 0.1) is 11.4 Å². The SMILES string of the molecule is CN(CC(=O)N(Cc1ccc(Cl)cc1Cl)[C@@H](Cc1ccccc1)C(=O)NC1CCCC1)S(=O)(=O)c1ccc(Cl)cc1. The number of nitrogens with zero attached hydrogens (tertiary/aromatic N) is 2. The maximum atomic E-state index is 14.0. The molecule has 0 saturated heterocycles. The van der Waals surface area contributed by atoms with Crippen LogP contribution in [0.1, 0.15) is 36.8 Å². The van der Waals surface area contributed by atoms with Crippen molar-refractivity contribution in [3.63, 3.8) is 0 Å². The van der Waals surface area contributed by atoms with Gasteiger partial charge in [-0.15, -0.1) is 0 Å². The van der Waals surface area contributed by atoms with Crippen LogP contribution in [0, 0.1) is 0 Å². The number of halogens is 3. The molecule has 41 heavy (non-hydrogen) atoms. The second-order valence-electron chi connectivity index (χ2n) is 10.2. The second kappa shape index (κ2) is 14.0. The van der Waals surface area contributed by atoms with Crippen molar-refractivity contribution in [2.75, 3.05) is 13.6 Å². The molecule has 0 spiro atoms. The van der Waals surface area contributed by atoms with Crippen LogP contribution in [0.2, 0.25) is 15.1 Å². The first-order valence-corrected chi connectivity index (χ1v) is 15.9. The third-order valence-electron chi connectivity index (χ3n) is 7.21. The van der Waals surface area contributed by atoms with E-state index < -0.39 is 28.5 Å². The maximum Gasteiger partial charge on any atom is 0.243 e. The lowest BCUT2D eigenvalue weighted by Crippen LogP contribution is -2.54. The predicted octanol–water partition coefficient (Wildman–Crippen LogP) is 5.97. The van der Waals surface area contributed by atoms with Gasteiger partial charge in [0.25, 0.3) is 0 Å². The Kier molecular flexibility index (Phi) is 10.7. The molecule has 1 aliphatic carbocycles. The first-order chi connectivity index (χ1) is 19.5. The molecule has 0 unspecified atom stereocenters. The summed E-state index contributed by atoms with van der Waals surface area (Å²) in [6, 6.07) is 19.2. The summed E-state index contributed by atoms with van der Waals surface area (Å²) >= 11 is 18.5. The normalized spacial score (nSPS) is 14.7. The topological polar surface area (TPSA) is 86.8 Å². The van der Waals surface area contributed by atoms with Crippen LogP contribution in [0.25, 0.3) is 0 Å². The molecule has 3 aromatic carbocycles. The zero-order chi connectivity index (χ0) is 29.6. The van der Waals surface area contributed by atoms with Gasteiger partial charge in [0.2, 0.25) is 21.8 Å². The summed E-state index contributed by atoms with van der Waals surface area (Å²) in [5.74, 6) is -0.832. The van der Waals surface area contributed by atoms with Crippen molar-refractivity contribution in [1.29, 1.82) is 0 Å². The molecule has 0 aliphatic heterocycles. The van der Waals surface area contributed by atoms with Gasteiger partial charge in [0.15, 0.2) is 0 Å². The molecule has 1 atom stereocenters. The molecule has 0 heterocycles. The van der Waals surface area contributed by atoms with Crippen LogP contribution < -0.4 is 5.32 Å². The molecule has 0 bridgehead atoms. The van der Waals surface area contributed by atoms with Gasteiger partial charge in [-0.3, -0.25) is 9.59 Å². The minimum absolute atomic E-state index is 0.00399. The van der Waals surface area contributed by atoms with Crippen molar-refractivity contribution >= 4 is 56.6 Å². The summed E-state index contributed by atoms with van der Waals surface area (Å²) in [7, 11) is -2.68. The van der Waals surface area contributed by atoms with E-state index in [9.17, 15) is 18.0 Å². The van der Waals surface area contributed by atoms with E-state index in [1.54, 1.807) is 18.2 Å².